The molecule has 0 aliphatic heterocycles. The third kappa shape index (κ3) is 54.3. The van der Waals surface area contributed by atoms with Crippen LogP contribution in [0.15, 0.2) is 36.5 Å². The van der Waals surface area contributed by atoms with Gasteiger partial charge in [-0.1, -0.05) is 269 Å². The number of quaternary nitrogens is 1. The summed E-state index contributed by atoms with van der Waals surface area (Å²) >= 11 is 0. The molecule has 0 heterocycles. The Hall–Kier alpha value is -1.28. The van der Waals surface area contributed by atoms with E-state index in [1.54, 1.807) is 6.08 Å². The number of hydrogen-bond acceptors (Lipinski definition) is 5. The van der Waals surface area contributed by atoms with Gasteiger partial charge in [0, 0.05) is 6.42 Å². The minimum Gasteiger partial charge on any atom is -0.387 e. The molecule has 0 saturated carbocycles. The number of aliphatic hydroxyl groups excluding tert-OH is 1. The van der Waals surface area contributed by atoms with Crippen molar-refractivity contribution in [3.8, 4) is 0 Å². The number of carbonyl (C=O) groups is 1. The second-order valence-corrected chi connectivity index (χ2v) is 23.2. The molecule has 8 nitrogen and oxygen atoms in total. The van der Waals surface area contributed by atoms with Crippen LogP contribution in [0.5, 0.6) is 0 Å². The number of amides is 1. The Morgan fingerprint density at radius 1 is 0.493 bits per heavy atom. The van der Waals surface area contributed by atoms with Crippen LogP contribution in [0, 0.1) is 0 Å². The maximum atomic E-state index is 12.9. The minimum absolute atomic E-state index is 0.0632. The second kappa shape index (κ2) is 51.6. The molecule has 1 amide bonds. The standard InChI is InChI=1S/C60H117N2O6P/c1-6-8-10-12-14-16-18-19-20-21-22-23-24-25-26-27-28-29-30-31-32-33-34-35-36-37-38-39-40-41-42-43-44-46-48-50-52-54-60(64)61-58(57-68-69(65,66)67-56-55-62(3,4)5)59(63)53-51-49-47-45-17-15-13-11-9-7-2/h18-19,21-22,51,53,58-59,63H,6-17,20,23-50,52,54-57H2,1-5H3,(H-,61,64,65,66)/p+1/b19-18-,22-21-,53-51+. The predicted molar refractivity (Wildman–Crippen MR) is 300 cm³/mol. The average Bonchev–Trinajstić information content (AvgIpc) is 3.31. The fourth-order valence-corrected chi connectivity index (χ4v) is 9.63. The fraction of sp³-hybridized carbons (Fsp3) is 0.883. The monoisotopic (exact) mass is 994 g/mol. The van der Waals surface area contributed by atoms with Crippen molar-refractivity contribution < 1.29 is 32.9 Å². The van der Waals surface area contributed by atoms with Gasteiger partial charge in [0.25, 0.3) is 0 Å². The smallest absolute Gasteiger partial charge is 0.387 e. The van der Waals surface area contributed by atoms with Crippen LogP contribution in [0.25, 0.3) is 0 Å². The molecule has 3 unspecified atom stereocenters. The van der Waals surface area contributed by atoms with Crippen molar-refractivity contribution in [1.82, 2.24) is 5.32 Å². The van der Waals surface area contributed by atoms with Crippen LogP contribution in [-0.4, -0.2) is 73.4 Å². The summed E-state index contributed by atoms with van der Waals surface area (Å²) in [6.45, 7) is 4.80. The summed E-state index contributed by atoms with van der Waals surface area (Å²) in [4.78, 5) is 23.2. The summed E-state index contributed by atoms with van der Waals surface area (Å²) in [5, 5.41) is 13.8. The summed E-state index contributed by atoms with van der Waals surface area (Å²) in [6, 6.07) is -0.842. The molecule has 0 radical (unpaired) electrons. The molecule has 0 rings (SSSR count). The quantitative estimate of drug-likeness (QED) is 0.0243. The van der Waals surface area contributed by atoms with Crippen LogP contribution in [0.4, 0.5) is 0 Å². The molecule has 0 fully saturated rings. The number of phosphoric ester groups is 1. The maximum absolute atomic E-state index is 12.9. The zero-order valence-corrected chi connectivity index (χ0v) is 47.5. The normalized spacial score (nSPS) is 14.1. The van der Waals surface area contributed by atoms with E-state index in [2.05, 4.69) is 43.5 Å². The molecule has 0 aliphatic carbocycles. The zero-order chi connectivity index (χ0) is 50.6. The number of carbonyl (C=O) groups excluding carboxylic acids is 1. The van der Waals surface area contributed by atoms with E-state index < -0.39 is 20.0 Å². The van der Waals surface area contributed by atoms with Gasteiger partial charge in [-0.25, -0.2) is 4.57 Å². The molecule has 69 heavy (non-hydrogen) atoms. The van der Waals surface area contributed by atoms with Crippen molar-refractivity contribution in [2.24, 2.45) is 0 Å². The number of unbranched alkanes of at least 4 members (excludes halogenated alkanes) is 38. The largest absolute Gasteiger partial charge is 0.472 e. The maximum Gasteiger partial charge on any atom is 0.472 e. The average molecular weight is 995 g/mol. The van der Waals surface area contributed by atoms with Crippen LogP contribution in [0.1, 0.15) is 290 Å². The summed E-state index contributed by atoms with van der Waals surface area (Å²) in [7, 11) is 1.58. The summed E-state index contributed by atoms with van der Waals surface area (Å²) in [5.41, 5.74) is 0. The van der Waals surface area contributed by atoms with Crippen molar-refractivity contribution >= 4 is 13.7 Å². The molecular weight excluding hydrogens is 876 g/mol. The number of phosphoric acid groups is 1. The number of aliphatic hydroxyl groups is 1. The first kappa shape index (κ1) is 67.7. The van der Waals surface area contributed by atoms with E-state index in [0.29, 0.717) is 17.4 Å². The highest BCUT2D eigenvalue weighted by Crippen LogP contribution is 2.43. The molecule has 0 spiro atoms. The van der Waals surface area contributed by atoms with E-state index in [4.69, 9.17) is 9.05 Å². The van der Waals surface area contributed by atoms with Gasteiger partial charge in [-0.15, -0.1) is 0 Å². The van der Waals surface area contributed by atoms with Gasteiger partial charge in [-0.3, -0.25) is 13.8 Å². The Bertz CT molecular complexity index is 1220. The molecule has 3 atom stereocenters. The SMILES string of the molecule is CCCCCCC/C=C\C/C=C\CCCCCCCCCCCCCCCCCCCCCCCCCCCC(=O)NC(COP(=O)(O)OCC[N+](C)(C)C)C(O)/C=C/CCCCCCCCCC. The first-order valence-corrected chi connectivity index (χ1v) is 31.4. The Morgan fingerprint density at radius 3 is 1.19 bits per heavy atom. The fourth-order valence-electron chi connectivity index (χ4n) is 8.90. The Kier molecular flexibility index (Phi) is 50.7. The van der Waals surface area contributed by atoms with E-state index in [-0.39, 0.29) is 19.1 Å². The molecule has 408 valence electrons. The van der Waals surface area contributed by atoms with Crippen molar-refractivity contribution in [3.63, 3.8) is 0 Å². The molecular formula is C60H118N2O6P+. The molecule has 9 heteroatoms. The number of hydrogen-bond donors (Lipinski definition) is 3. The number of allylic oxidation sites excluding steroid dienone is 5. The molecule has 3 N–H and O–H groups in total. The summed E-state index contributed by atoms with van der Waals surface area (Å²) < 4.78 is 23.6. The number of nitrogens with one attached hydrogen (secondary N) is 1. The molecule has 0 bridgehead atoms. The lowest BCUT2D eigenvalue weighted by molar-refractivity contribution is -0.870. The number of rotatable bonds is 55. The third-order valence-electron chi connectivity index (χ3n) is 13.6. The van der Waals surface area contributed by atoms with E-state index in [0.717, 1.165) is 44.9 Å². The molecule has 0 aromatic rings. The van der Waals surface area contributed by atoms with E-state index >= 15 is 0 Å². The molecule has 0 aromatic carbocycles. The Balaban J connectivity index is 3.84. The van der Waals surface area contributed by atoms with Gasteiger partial charge in [0.05, 0.1) is 39.9 Å². The first-order valence-electron chi connectivity index (χ1n) is 29.9. The van der Waals surface area contributed by atoms with Crippen LogP contribution in [-0.2, 0) is 18.4 Å². The van der Waals surface area contributed by atoms with Gasteiger partial charge in [0.2, 0.25) is 5.91 Å². The molecule has 0 saturated heterocycles. The van der Waals surface area contributed by atoms with E-state index in [1.807, 2.05) is 27.2 Å². The highest BCUT2D eigenvalue weighted by atomic mass is 31.2. The summed E-state index contributed by atoms with van der Waals surface area (Å²) in [5.74, 6) is -0.174. The van der Waals surface area contributed by atoms with Gasteiger partial charge in [0.1, 0.15) is 13.2 Å². The van der Waals surface area contributed by atoms with Crippen LogP contribution in [0.2, 0.25) is 0 Å². The lowest BCUT2D eigenvalue weighted by Crippen LogP contribution is -2.45. The lowest BCUT2D eigenvalue weighted by atomic mass is 10.0. The molecule has 0 aromatic heterocycles. The van der Waals surface area contributed by atoms with Gasteiger partial charge in [-0.2, -0.15) is 0 Å². The highest BCUT2D eigenvalue weighted by molar-refractivity contribution is 7.47. The predicted octanol–water partition coefficient (Wildman–Crippen LogP) is 18.2. The van der Waals surface area contributed by atoms with Crippen molar-refractivity contribution in [1.29, 1.82) is 0 Å². The van der Waals surface area contributed by atoms with Crippen molar-refractivity contribution in [2.45, 2.75) is 302 Å². The molecule has 0 aliphatic rings. The van der Waals surface area contributed by atoms with Crippen molar-refractivity contribution in [3.05, 3.63) is 36.5 Å². The second-order valence-electron chi connectivity index (χ2n) is 21.7. The van der Waals surface area contributed by atoms with E-state index in [1.165, 1.54) is 225 Å². The Morgan fingerprint density at radius 2 is 0.826 bits per heavy atom. The third-order valence-corrected chi connectivity index (χ3v) is 14.6. The van der Waals surface area contributed by atoms with Crippen LogP contribution in [0.3, 0.4) is 0 Å². The first-order chi connectivity index (χ1) is 33.5. The Labute approximate surface area is 429 Å². The number of nitrogens with zero attached hydrogens (tertiary/aromatic N) is 1. The highest BCUT2D eigenvalue weighted by Gasteiger charge is 2.27. The topological polar surface area (TPSA) is 105 Å². The van der Waals surface area contributed by atoms with E-state index in [9.17, 15) is 19.4 Å². The summed E-state index contributed by atoms with van der Waals surface area (Å²) in [6.07, 6.45) is 67.1. The van der Waals surface area contributed by atoms with Gasteiger partial charge in [0.15, 0.2) is 0 Å². The van der Waals surface area contributed by atoms with Crippen molar-refractivity contribution in [2.75, 3.05) is 40.9 Å². The van der Waals surface area contributed by atoms with Gasteiger partial charge >= 0.3 is 7.82 Å². The lowest BCUT2D eigenvalue weighted by Gasteiger charge is -2.25. The minimum atomic E-state index is -4.34. The van der Waals surface area contributed by atoms with Crippen LogP contribution >= 0.6 is 7.82 Å². The van der Waals surface area contributed by atoms with Gasteiger partial charge < -0.3 is 19.8 Å². The van der Waals surface area contributed by atoms with Gasteiger partial charge in [-0.05, 0) is 51.4 Å². The number of likely N-dealkylation sites (N-methyl/N-ethyl adjacent to an activating group) is 1. The zero-order valence-electron chi connectivity index (χ0n) is 46.6. The van der Waals surface area contributed by atoms with Crippen LogP contribution < -0.4 is 5.32 Å².